The number of hydrogen-bond donors (Lipinski definition) is 2. The molecule has 4 nitrogen and oxygen atoms in total. The van der Waals surface area contributed by atoms with Gasteiger partial charge in [-0.2, -0.15) is 0 Å². The smallest absolute Gasteiger partial charge is 0.223 e. The number of amides is 1. The molecule has 0 heterocycles. The lowest BCUT2D eigenvalue weighted by Crippen LogP contribution is -2.32. The molecule has 1 aromatic rings. The Hall–Kier alpha value is -1.39. The van der Waals surface area contributed by atoms with Crippen molar-refractivity contribution in [3.63, 3.8) is 0 Å². The molecule has 19 heavy (non-hydrogen) atoms. The number of rotatable bonds is 8. The van der Waals surface area contributed by atoms with Crippen LogP contribution in [0.4, 0.5) is 0 Å². The zero-order valence-corrected chi connectivity index (χ0v) is 11.4. The fourth-order valence-electron chi connectivity index (χ4n) is 1.92. The molecule has 0 aliphatic heterocycles. The Morgan fingerprint density at radius 2 is 1.89 bits per heavy atom. The van der Waals surface area contributed by atoms with Gasteiger partial charge in [0.2, 0.25) is 5.91 Å². The van der Waals surface area contributed by atoms with Gasteiger partial charge in [-0.05, 0) is 24.0 Å². The summed E-state index contributed by atoms with van der Waals surface area (Å²) in [6, 6.07) is 8.36. The SMILES string of the molecule is COCc1ccc(CNCCNC(=O)C2CC2)cc1. The van der Waals surface area contributed by atoms with E-state index in [4.69, 9.17) is 4.74 Å². The van der Waals surface area contributed by atoms with Gasteiger partial charge in [-0.25, -0.2) is 0 Å². The molecule has 1 fully saturated rings. The Bertz CT molecular complexity index is 399. The molecule has 4 heteroatoms. The minimum Gasteiger partial charge on any atom is -0.380 e. The van der Waals surface area contributed by atoms with E-state index in [2.05, 4.69) is 34.9 Å². The van der Waals surface area contributed by atoms with Crippen LogP contribution in [-0.2, 0) is 22.7 Å². The van der Waals surface area contributed by atoms with Gasteiger partial charge in [0.05, 0.1) is 6.61 Å². The third-order valence-electron chi connectivity index (χ3n) is 3.21. The van der Waals surface area contributed by atoms with Crippen LogP contribution < -0.4 is 10.6 Å². The van der Waals surface area contributed by atoms with E-state index in [0.717, 1.165) is 25.9 Å². The fourth-order valence-corrected chi connectivity index (χ4v) is 1.92. The maximum Gasteiger partial charge on any atom is 0.223 e. The van der Waals surface area contributed by atoms with E-state index in [0.29, 0.717) is 19.1 Å². The summed E-state index contributed by atoms with van der Waals surface area (Å²) >= 11 is 0. The van der Waals surface area contributed by atoms with E-state index in [1.165, 1.54) is 11.1 Å². The number of nitrogens with one attached hydrogen (secondary N) is 2. The molecule has 0 unspecified atom stereocenters. The van der Waals surface area contributed by atoms with Crippen molar-refractivity contribution in [1.82, 2.24) is 10.6 Å². The Balaban J connectivity index is 1.58. The minimum atomic E-state index is 0.214. The highest BCUT2D eigenvalue weighted by Gasteiger charge is 2.28. The molecule has 1 amide bonds. The van der Waals surface area contributed by atoms with E-state index in [9.17, 15) is 4.79 Å². The zero-order chi connectivity index (χ0) is 13.5. The van der Waals surface area contributed by atoms with E-state index in [1.807, 2.05) is 0 Å². The van der Waals surface area contributed by atoms with E-state index >= 15 is 0 Å². The average molecular weight is 262 g/mol. The van der Waals surface area contributed by atoms with Gasteiger partial charge in [0.25, 0.3) is 0 Å². The predicted molar refractivity (Wildman–Crippen MR) is 74.6 cm³/mol. The van der Waals surface area contributed by atoms with Crippen LogP contribution in [0.15, 0.2) is 24.3 Å². The van der Waals surface area contributed by atoms with E-state index < -0.39 is 0 Å². The molecule has 0 bridgehead atoms. The standard InChI is InChI=1S/C15H22N2O2/c1-19-11-13-4-2-12(3-5-13)10-16-8-9-17-15(18)14-6-7-14/h2-5,14,16H,6-11H2,1H3,(H,17,18). The van der Waals surface area contributed by atoms with Crippen LogP contribution >= 0.6 is 0 Å². The van der Waals surface area contributed by atoms with Crippen molar-refractivity contribution in [2.75, 3.05) is 20.2 Å². The number of hydrogen-bond acceptors (Lipinski definition) is 3. The first-order chi connectivity index (χ1) is 9.29. The lowest BCUT2D eigenvalue weighted by Gasteiger charge is -2.07. The topological polar surface area (TPSA) is 50.4 Å². The molecule has 104 valence electrons. The second-order valence-electron chi connectivity index (χ2n) is 4.99. The molecule has 0 radical (unpaired) electrons. The van der Waals surface area contributed by atoms with Crippen molar-refractivity contribution in [3.05, 3.63) is 35.4 Å². The molecule has 2 rings (SSSR count). The molecule has 0 atom stereocenters. The molecule has 1 aliphatic rings. The molecule has 1 aliphatic carbocycles. The largest absolute Gasteiger partial charge is 0.380 e. The van der Waals surface area contributed by atoms with Crippen molar-refractivity contribution in [2.24, 2.45) is 5.92 Å². The zero-order valence-electron chi connectivity index (χ0n) is 11.4. The molecule has 1 aromatic carbocycles. The van der Waals surface area contributed by atoms with Crippen molar-refractivity contribution < 1.29 is 9.53 Å². The van der Waals surface area contributed by atoms with Gasteiger partial charge < -0.3 is 15.4 Å². The summed E-state index contributed by atoms with van der Waals surface area (Å²) in [7, 11) is 1.70. The maximum absolute atomic E-state index is 11.4. The lowest BCUT2D eigenvalue weighted by molar-refractivity contribution is -0.122. The number of carbonyl (C=O) groups excluding carboxylic acids is 1. The molecular formula is C15H22N2O2. The van der Waals surface area contributed by atoms with Crippen LogP contribution in [0.25, 0.3) is 0 Å². The highest BCUT2D eigenvalue weighted by atomic mass is 16.5. The number of ether oxygens (including phenoxy) is 1. The second-order valence-corrected chi connectivity index (χ2v) is 4.99. The normalized spacial score (nSPS) is 14.4. The maximum atomic E-state index is 11.4. The van der Waals surface area contributed by atoms with Gasteiger partial charge in [-0.1, -0.05) is 24.3 Å². The van der Waals surface area contributed by atoms with Gasteiger partial charge in [0.15, 0.2) is 0 Å². The molecule has 2 N–H and O–H groups in total. The van der Waals surface area contributed by atoms with Crippen LogP contribution in [0.3, 0.4) is 0 Å². The first-order valence-electron chi connectivity index (χ1n) is 6.85. The van der Waals surface area contributed by atoms with Crippen LogP contribution in [-0.4, -0.2) is 26.1 Å². The summed E-state index contributed by atoms with van der Waals surface area (Å²) in [5, 5.41) is 6.26. The summed E-state index contributed by atoms with van der Waals surface area (Å²) in [6.07, 6.45) is 2.13. The van der Waals surface area contributed by atoms with Crippen molar-refractivity contribution >= 4 is 5.91 Å². The molecular weight excluding hydrogens is 240 g/mol. The Morgan fingerprint density at radius 3 is 2.53 bits per heavy atom. The minimum absolute atomic E-state index is 0.214. The van der Waals surface area contributed by atoms with Crippen LogP contribution in [0, 0.1) is 5.92 Å². The average Bonchev–Trinajstić information content (AvgIpc) is 3.25. The number of carbonyl (C=O) groups is 1. The summed E-state index contributed by atoms with van der Waals surface area (Å²) in [6.45, 7) is 2.99. The number of benzene rings is 1. The third kappa shape index (κ3) is 5.01. The van der Waals surface area contributed by atoms with Gasteiger partial charge in [-0.3, -0.25) is 4.79 Å². The third-order valence-corrected chi connectivity index (χ3v) is 3.21. The first-order valence-corrected chi connectivity index (χ1v) is 6.85. The second kappa shape index (κ2) is 7.26. The van der Waals surface area contributed by atoms with Gasteiger partial charge in [0.1, 0.15) is 0 Å². The molecule has 0 aromatic heterocycles. The monoisotopic (exact) mass is 262 g/mol. The molecule has 0 saturated heterocycles. The Kier molecular flexibility index (Phi) is 5.36. The predicted octanol–water partition coefficient (Wildman–Crippen LogP) is 1.45. The highest BCUT2D eigenvalue weighted by Crippen LogP contribution is 2.28. The van der Waals surface area contributed by atoms with Crippen LogP contribution in [0.2, 0.25) is 0 Å². The summed E-state index contributed by atoms with van der Waals surface area (Å²) < 4.78 is 5.07. The summed E-state index contributed by atoms with van der Waals surface area (Å²) in [4.78, 5) is 11.4. The molecule has 0 spiro atoms. The van der Waals surface area contributed by atoms with Gasteiger partial charge >= 0.3 is 0 Å². The summed E-state index contributed by atoms with van der Waals surface area (Å²) in [5.74, 6) is 0.513. The van der Waals surface area contributed by atoms with Crippen molar-refractivity contribution in [2.45, 2.75) is 26.0 Å². The van der Waals surface area contributed by atoms with Gasteiger partial charge in [0, 0.05) is 32.7 Å². The van der Waals surface area contributed by atoms with Crippen LogP contribution in [0.1, 0.15) is 24.0 Å². The Labute approximate surface area is 114 Å². The molecule has 1 saturated carbocycles. The van der Waals surface area contributed by atoms with E-state index in [-0.39, 0.29) is 5.91 Å². The van der Waals surface area contributed by atoms with Crippen molar-refractivity contribution in [3.8, 4) is 0 Å². The first kappa shape index (κ1) is 14.0. The summed E-state index contributed by atoms with van der Waals surface area (Å²) in [5.41, 5.74) is 2.43. The Morgan fingerprint density at radius 1 is 1.21 bits per heavy atom. The van der Waals surface area contributed by atoms with Crippen molar-refractivity contribution in [1.29, 1.82) is 0 Å². The van der Waals surface area contributed by atoms with E-state index in [1.54, 1.807) is 7.11 Å². The fraction of sp³-hybridized carbons (Fsp3) is 0.533. The lowest BCUT2D eigenvalue weighted by atomic mass is 10.1. The quantitative estimate of drug-likeness (QED) is 0.697. The van der Waals surface area contributed by atoms with Gasteiger partial charge in [-0.15, -0.1) is 0 Å². The van der Waals surface area contributed by atoms with Crippen LogP contribution in [0.5, 0.6) is 0 Å². The number of methoxy groups -OCH3 is 1. The highest BCUT2D eigenvalue weighted by molar-refractivity contribution is 5.80.